The smallest absolute Gasteiger partial charge is 0.198 e. The Bertz CT molecular complexity index is 149. The van der Waals surface area contributed by atoms with Crippen LogP contribution in [0, 0.1) is 0 Å². The molecule has 0 rings (SSSR count). The van der Waals surface area contributed by atoms with Crippen LogP contribution < -0.4 is 0 Å². The Morgan fingerprint density at radius 2 is 1.47 bits per heavy atom. The Balaban J connectivity index is 2.97. The van der Waals surface area contributed by atoms with Crippen molar-refractivity contribution in [3.05, 3.63) is 12.2 Å². The molecule has 0 atom stereocenters. The van der Waals surface area contributed by atoms with Gasteiger partial charge in [-0.05, 0) is 25.7 Å². The van der Waals surface area contributed by atoms with E-state index in [9.17, 15) is 4.79 Å². The number of carbonyl (C=O) groups excluding carboxylic acids is 1. The first-order valence-corrected chi connectivity index (χ1v) is 6.41. The first kappa shape index (κ1) is 14.4. The van der Waals surface area contributed by atoms with Crippen molar-refractivity contribution in [2.24, 2.45) is 0 Å². The predicted molar refractivity (Wildman–Crippen MR) is 66.7 cm³/mol. The molecule has 0 aliphatic heterocycles. The molecule has 1 heteroatoms. The van der Waals surface area contributed by atoms with Crippen LogP contribution in [0.25, 0.3) is 0 Å². The molecule has 15 heavy (non-hydrogen) atoms. The van der Waals surface area contributed by atoms with Gasteiger partial charge in [-0.3, -0.25) is 4.79 Å². The molecule has 0 spiro atoms. The summed E-state index contributed by atoms with van der Waals surface area (Å²) in [5.74, 6) is 0. The summed E-state index contributed by atoms with van der Waals surface area (Å²) in [5, 5.41) is 0. The minimum Gasteiger partial charge on any atom is -0.291 e. The number of allylic oxidation sites excluding steroid dienone is 2. The fourth-order valence-corrected chi connectivity index (χ4v) is 1.55. The molecular weight excluding hydrogens is 184 g/mol. The third-order valence-corrected chi connectivity index (χ3v) is 2.54. The van der Waals surface area contributed by atoms with Crippen molar-refractivity contribution in [2.45, 2.75) is 71.1 Å². The van der Waals surface area contributed by atoms with Gasteiger partial charge in [0.2, 0.25) is 0 Å². The molecule has 0 aromatic heterocycles. The van der Waals surface area contributed by atoms with Crippen molar-refractivity contribution >= 4 is 6.29 Å². The third kappa shape index (κ3) is 13.4. The normalized spacial score (nSPS) is 11.0. The minimum absolute atomic E-state index is 0.622. The van der Waals surface area contributed by atoms with Gasteiger partial charge >= 0.3 is 0 Å². The number of hydrogen-bond donors (Lipinski definition) is 0. The fourth-order valence-electron chi connectivity index (χ4n) is 1.55. The highest BCUT2D eigenvalue weighted by molar-refractivity contribution is 5.50. The standard InChI is InChI=1S/C14H25O/c1-2-3-4-5-6-7-8-9-10-11-12-13-14-15/h5-6H,2-4,7-13H2,1H3/b6-5-. The lowest BCUT2D eigenvalue weighted by Crippen LogP contribution is -1.80. The molecule has 0 aliphatic rings. The number of unbranched alkanes of at least 4 members (excludes halogenated alkanes) is 8. The number of rotatable bonds is 11. The van der Waals surface area contributed by atoms with E-state index in [1.165, 1.54) is 51.4 Å². The Hall–Kier alpha value is -0.590. The van der Waals surface area contributed by atoms with Crippen LogP contribution in [0.1, 0.15) is 71.1 Å². The third-order valence-electron chi connectivity index (χ3n) is 2.54. The van der Waals surface area contributed by atoms with E-state index in [0.29, 0.717) is 6.42 Å². The summed E-state index contributed by atoms with van der Waals surface area (Å²) in [5.41, 5.74) is 0. The topological polar surface area (TPSA) is 17.1 Å². The van der Waals surface area contributed by atoms with Crippen LogP contribution in [0.4, 0.5) is 0 Å². The zero-order chi connectivity index (χ0) is 11.2. The first-order chi connectivity index (χ1) is 7.41. The van der Waals surface area contributed by atoms with E-state index < -0.39 is 0 Å². The molecule has 0 saturated heterocycles. The van der Waals surface area contributed by atoms with Crippen LogP contribution in [-0.4, -0.2) is 6.29 Å². The van der Waals surface area contributed by atoms with Crippen molar-refractivity contribution in [1.29, 1.82) is 0 Å². The molecule has 1 radical (unpaired) electrons. The lowest BCUT2D eigenvalue weighted by molar-refractivity contribution is 0.542. The molecular formula is C14H25O. The summed E-state index contributed by atoms with van der Waals surface area (Å²) in [6, 6.07) is 0. The lowest BCUT2D eigenvalue weighted by atomic mass is 10.1. The highest BCUT2D eigenvalue weighted by Crippen LogP contribution is 2.07. The van der Waals surface area contributed by atoms with E-state index in [2.05, 4.69) is 19.1 Å². The summed E-state index contributed by atoms with van der Waals surface area (Å²) in [6.45, 7) is 2.23. The molecule has 0 saturated carbocycles. The Labute approximate surface area is 95.0 Å². The van der Waals surface area contributed by atoms with Gasteiger partial charge in [-0.15, -0.1) is 0 Å². The Morgan fingerprint density at radius 1 is 0.867 bits per heavy atom. The Kier molecular flexibility index (Phi) is 12.9. The van der Waals surface area contributed by atoms with Crippen LogP contribution in [0.15, 0.2) is 12.2 Å². The van der Waals surface area contributed by atoms with E-state index in [-0.39, 0.29) is 0 Å². The van der Waals surface area contributed by atoms with Crippen LogP contribution in [0.5, 0.6) is 0 Å². The molecule has 0 aliphatic carbocycles. The maximum absolute atomic E-state index is 9.93. The SMILES string of the molecule is CCCC/C=C\CCCCCCC[C]=O. The van der Waals surface area contributed by atoms with Gasteiger partial charge in [0.05, 0.1) is 0 Å². The summed E-state index contributed by atoms with van der Waals surface area (Å²) in [6.07, 6.45) is 18.3. The van der Waals surface area contributed by atoms with Crippen LogP contribution in [0.2, 0.25) is 0 Å². The molecule has 87 valence electrons. The summed E-state index contributed by atoms with van der Waals surface area (Å²) >= 11 is 0. The molecule has 0 aromatic carbocycles. The van der Waals surface area contributed by atoms with Gasteiger partial charge in [-0.2, -0.15) is 0 Å². The highest BCUT2D eigenvalue weighted by Gasteiger charge is 1.89. The predicted octanol–water partition coefficient (Wildman–Crippen LogP) is 4.57. The van der Waals surface area contributed by atoms with Gasteiger partial charge < -0.3 is 0 Å². The summed E-state index contributed by atoms with van der Waals surface area (Å²) < 4.78 is 0. The van der Waals surface area contributed by atoms with E-state index in [1.54, 1.807) is 0 Å². The largest absolute Gasteiger partial charge is 0.291 e. The monoisotopic (exact) mass is 209 g/mol. The molecule has 1 nitrogen and oxygen atoms in total. The van der Waals surface area contributed by atoms with E-state index in [0.717, 1.165) is 6.42 Å². The van der Waals surface area contributed by atoms with Crippen LogP contribution in [-0.2, 0) is 4.79 Å². The molecule has 0 heterocycles. The van der Waals surface area contributed by atoms with E-state index >= 15 is 0 Å². The quantitative estimate of drug-likeness (QED) is 0.360. The average molecular weight is 209 g/mol. The van der Waals surface area contributed by atoms with Gasteiger partial charge in [-0.25, -0.2) is 0 Å². The van der Waals surface area contributed by atoms with Gasteiger partial charge in [0, 0.05) is 6.42 Å². The van der Waals surface area contributed by atoms with Crippen molar-refractivity contribution < 1.29 is 4.79 Å². The second-order valence-corrected chi connectivity index (χ2v) is 4.06. The van der Waals surface area contributed by atoms with E-state index in [1.807, 2.05) is 6.29 Å². The molecule has 0 amide bonds. The highest BCUT2D eigenvalue weighted by atomic mass is 16.1. The summed E-state index contributed by atoms with van der Waals surface area (Å²) in [4.78, 5) is 9.93. The van der Waals surface area contributed by atoms with Crippen LogP contribution >= 0.6 is 0 Å². The zero-order valence-electron chi connectivity index (χ0n) is 10.1. The first-order valence-electron chi connectivity index (χ1n) is 6.41. The second kappa shape index (κ2) is 13.4. The molecule has 0 unspecified atom stereocenters. The molecule has 0 aromatic rings. The number of hydrogen-bond acceptors (Lipinski definition) is 1. The fraction of sp³-hybridized carbons (Fsp3) is 0.786. The maximum atomic E-state index is 9.93. The van der Waals surface area contributed by atoms with Gasteiger partial charge in [-0.1, -0.05) is 51.2 Å². The molecule has 0 N–H and O–H groups in total. The van der Waals surface area contributed by atoms with Crippen molar-refractivity contribution in [3.8, 4) is 0 Å². The van der Waals surface area contributed by atoms with Crippen molar-refractivity contribution in [3.63, 3.8) is 0 Å². The zero-order valence-corrected chi connectivity index (χ0v) is 10.1. The molecule has 0 bridgehead atoms. The Morgan fingerprint density at radius 3 is 2.13 bits per heavy atom. The van der Waals surface area contributed by atoms with E-state index in [4.69, 9.17) is 0 Å². The van der Waals surface area contributed by atoms with Crippen LogP contribution in [0.3, 0.4) is 0 Å². The van der Waals surface area contributed by atoms with Gasteiger partial charge in [0.25, 0.3) is 0 Å². The maximum Gasteiger partial charge on any atom is 0.198 e. The molecule has 0 fully saturated rings. The summed E-state index contributed by atoms with van der Waals surface area (Å²) in [7, 11) is 0. The van der Waals surface area contributed by atoms with Crippen molar-refractivity contribution in [1.82, 2.24) is 0 Å². The second-order valence-electron chi connectivity index (χ2n) is 4.06. The van der Waals surface area contributed by atoms with Gasteiger partial charge in [0.15, 0.2) is 6.29 Å². The average Bonchev–Trinajstić information content (AvgIpc) is 2.26. The minimum atomic E-state index is 0.622. The van der Waals surface area contributed by atoms with Gasteiger partial charge in [0.1, 0.15) is 0 Å². The van der Waals surface area contributed by atoms with Crippen molar-refractivity contribution in [2.75, 3.05) is 0 Å². The lowest BCUT2D eigenvalue weighted by Gasteiger charge is -1.97.